The first-order chi connectivity index (χ1) is 15.7. The Hall–Kier alpha value is -2.65. The fourth-order valence-corrected chi connectivity index (χ4v) is 4.53. The Bertz CT molecular complexity index is 1150. The normalized spacial score (nSPS) is 12.0. The number of benzene rings is 2. The number of aryl methyl sites for hydroxylation is 2. The number of rotatable bonds is 8. The van der Waals surface area contributed by atoms with Crippen LogP contribution in [0, 0.1) is 19.8 Å². The van der Waals surface area contributed by atoms with Gasteiger partial charge in [-0.3, -0.25) is 9.59 Å². The lowest BCUT2D eigenvalue weighted by Gasteiger charge is -2.21. The molecular formula is C24H28BrN5O2S. The Morgan fingerprint density at radius 3 is 2.42 bits per heavy atom. The summed E-state index contributed by atoms with van der Waals surface area (Å²) in [5.41, 5.74) is 3.59. The highest BCUT2D eigenvalue weighted by Crippen LogP contribution is 2.27. The van der Waals surface area contributed by atoms with Crippen LogP contribution < -0.4 is 10.6 Å². The van der Waals surface area contributed by atoms with Crippen LogP contribution >= 0.6 is 27.7 Å². The van der Waals surface area contributed by atoms with Gasteiger partial charge in [0.1, 0.15) is 0 Å². The van der Waals surface area contributed by atoms with E-state index in [0.29, 0.717) is 16.5 Å². The molecule has 0 bridgehead atoms. The molecule has 174 valence electrons. The first-order valence-corrected chi connectivity index (χ1v) is 12.4. The van der Waals surface area contributed by atoms with E-state index in [1.807, 2.05) is 69.6 Å². The van der Waals surface area contributed by atoms with Crippen molar-refractivity contribution >= 4 is 45.2 Å². The van der Waals surface area contributed by atoms with E-state index in [1.54, 1.807) is 12.1 Å². The molecule has 0 spiro atoms. The topological polar surface area (TPSA) is 88.9 Å². The zero-order valence-electron chi connectivity index (χ0n) is 19.3. The predicted molar refractivity (Wildman–Crippen MR) is 135 cm³/mol. The summed E-state index contributed by atoms with van der Waals surface area (Å²) in [7, 11) is 1.85. The maximum atomic E-state index is 12.7. The maximum Gasteiger partial charge on any atom is 0.251 e. The number of carbonyl (C=O) groups excluding carboxylic acids is 2. The summed E-state index contributed by atoms with van der Waals surface area (Å²) in [6.45, 7) is 8.08. The van der Waals surface area contributed by atoms with Gasteiger partial charge < -0.3 is 15.2 Å². The molecule has 3 rings (SSSR count). The summed E-state index contributed by atoms with van der Waals surface area (Å²) in [6, 6.07) is 12.7. The summed E-state index contributed by atoms with van der Waals surface area (Å²) < 4.78 is 2.68. The molecule has 0 fully saturated rings. The minimum atomic E-state index is -0.315. The van der Waals surface area contributed by atoms with E-state index in [2.05, 4.69) is 36.8 Å². The first-order valence-electron chi connectivity index (χ1n) is 10.6. The third-order valence-electron chi connectivity index (χ3n) is 5.33. The van der Waals surface area contributed by atoms with E-state index in [4.69, 9.17) is 0 Å². The molecule has 3 aromatic rings. The molecular weight excluding hydrogens is 502 g/mol. The van der Waals surface area contributed by atoms with E-state index in [9.17, 15) is 9.59 Å². The molecule has 2 aromatic carbocycles. The molecule has 2 N–H and O–H groups in total. The lowest BCUT2D eigenvalue weighted by molar-refractivity contribution is -0.113. The fourth-order valence-electron chi connectivity index (χ4n) is 3.26. The summed E-state index contributed by atoms with van der Waals surface area (Å²) in [5, 5.41) is 15.2. The lowest BCUT2D eigenvalue weighted by atomic mass is 10.0. The van der Waals surface area contributed by atoms with Crippen molar-refractivity contribution < 1.29 is 9.59 Å². The lowest BCUT2D eigenvalue weighted by Crippen LogP contribution is -2.33. The van der Waals surface area contributed by atoms with Gasteiger partial charge in [-0.25, -0.2) is 0 Å². The molecule has 1 heterocycles. The van der Waals surface area contributed by atoms with Crippen LogP contribution in [0.15, 0.2) is 52.1 Å². The van der Waals surface area contributed by atoms with Gasteiger partial charge in [0.05, 0.1) is 17.5 Å². The minimum Gasteiger partial charge on any atom is -0.342 e. The molecule has 0 radical (unpaired) electrons. The van der Waals surface area contributed by atoms with Crippen LogP contribution in [0.4, 0.5) is 5.69 Å². The number of anilines is 1. The molecule has 0 aliphatic carbocycles. The van der Waals surface area contributed by atoms with Gasteiger partial charge >= 0.3 is 0 Å². The third kappa shape index (κ3) is 6.23. The van der Waals surface area contributed by atoms with Crippen molar-refractivity contribution in [2.75, 3.05) is 11.1 Å². The highest BCUT2D eigenvalue weighted by Gasteiger charge is 2.25. The number of nitrogens with one attached hydrogen (secondary N) is 2. The van der Waals surface area contributed by atoms with Crippen LogP contribution in [0.5, 0.6) is 0 Å². The van der Waals surface area contributed by atoms with Gasteiger partial charge in [-0.05, 0) is 71.1 Å². The molecule has 1 aromatic heterocycles. The summed E-state index contributed by atoms with van der Waals surface area (Å²) >= 11 is 4.81. The average molecular weight is 530 g/mol. The number of nitrogens with zero attached hydrogens (tertiary/aromatic N) is 3. The second kappa shape index (κ2) is 11.0. The molecule has 0 aliphatic rings. The van der Waals surface area contributed by atoms with Gasteiger partial charge in [-0.2, -0.15) is 0 Å². The number of thioether (sulfide) groups is 1. The van der Waals surface area contributed by atoms with E-state index in [0.717, 1.165) is 21.3 Å². The number of amides is 2. The average Bonchev–Trinajstić information content (AvgIpc) is 3.14. The monoisotopic (exact) mass is 529 g/mol. The van der Waals surface area contributed by atoms with Crippen molar-refractivity contribution in [1.82, 2.24) is 20.1 Å². The van der Waals surface area contributed by atoms with Gasteiger partial charge in [-0.15, -0.1) is 10.2 Å². The smallest absolute Gasteiger partial charge is 0.251 e. The van der Waals surface area contributed by atoms with E-state index in [1.165, 1.54) is 11.8 Å². The standard InChI is InChI=1S/C24H28BrN5O2S/c1-14(2)21(27-23(32)17-9-7-6-8-10-17)22-28-29-24(30(22)5)33-13-20(31)26-19-12-16(4)15(3)11-18(19)25/h6-12,14,21H,13H2,1-5H3,(H,26,31)(H,27,32)/t21-/m0/s1. The largest absolute Gasteiger partial charge is 0.342 e. The maximum absolute atomic E-state index is 12.7. The number of hydrogen-bond donors (Lipinski definition) is 2. The van der Waals surface area contributed by atoms with E-state index < -0.39 is 0 Å². The van der Waals surface area contributed by atoms with Crippen LogP contribution in [-0.4, -0.2) is 32.3 Å². The third-order valence-corrected chi connectivity index (χ3v) is 7.00. The highest BCUT2D eigenvalue weighted by atomic mass is 79.9. The van der Waals surface area contributed by atoms with E-state index in [-0.39, 0.29) is 29.5 Å². The second-order valence-electron chi connectivity index (χ2n) is 8.21. The minimum absolute atomic E-state index is 0.101. The Kier molecular flexibility index (Phi) is 8.31. The van der Waals surface area contributed by atoms with Crippen LogP contribution in [0.25, 0.3) is 0 Å². The summed E-state index contributed by atoms with van der Waals surface area (Å²) in [4.78, 5) is 25.2. The zero-order chi connectivity index (χ0) is 24.1. The number of halogens is 1. The molecule has 33 heavy (non-hydrogen) atoms. The molecule has 0 aliphatic heterocycles. The van der Waals surface area contributed by atoms with Gasteiger partial charge in [0.2, 0.25) is 5.91 Å². The van der Waals surface area contributed by atoms with Crippen molar-refractivity contribution in [3.63, 3.8) is 0 Å². The molecule has 0 saturated heterocycles. The second-order valence-corrected chi connectivity index (χ2v) is 10.0. The molecule has 7 nitrogen and oxygen atoms in total. The van der Waals surface area contributed by atoms with Crippen molar-refractivity contribution in [3.05, 3.63) is 69.5 Å². The first kappa shape index (κ1) is 25.0. The van der Waals surface area contributed by atoms with Crippen LogP contribution in [0.1, 0.15) is 47.2 Å². The van der Waals surface area contributed by atoms with E-state index >= 15 is 0 Å². The quantitative estimate of drug-likeness (QED) is 0.398. The molecule has 9 heteroatoms. The van der Waals surface area contributed by atoms with Crippen molar-refractivity contribution in [2.45, 2.75) is 38.9 Å². The van der Waals surface area contributed by atoms with Crippen molar-refractivity contribution in [1.29, 1.82) is 0 Å². The van der Waals surface area contributed by atoms with Crippen molar-refractivity contribution in [2.24, 2.45) is 13.0 Å². The van der Waals surface area contributed by atoms with Gasteiger partial charge in [-0.1, -0.05) is 43.8 Å². The fraction of sp³-hybridized carbons (Fsp3) is 0.333. The van der Waals surface area contributed by atoms with Gasteiger partial charge in [0, 0.05) is 17.1 Å². The number of carbonyl (C=O) groups is 2. The van der Waals surface area contributed by atoms with Crippen LogP contribution in [0.3, 0.4) is 0 Å². The highest BCUT2D eigenvalue weighted by molar-refractivity contribution is 9.10. The molecule has 2 amide bonds. The predicted octanol–water partition coefficient (Wildman–Crippen LogP) is 5.05. The molecule has 0 unspecified atom stereocenters. The molecule has 0 saturated carbocycles. The number of hydrogen-bond acceptors (Lipinski definition) is 5. The van der Waals surface area contributed by atoms with Crippen LogP contribution in [-0.2, 0) is 11.8 Å². The van der Waals surface area contributed by atoms with Gasteiger partial charge in [0.25, 0.3) is 5.91 Å². The Morgan fingerprint density at radius 2 is 1.76 bits per heavy atom. The number of aromatic nitrogens is 3. The SMILES string of the molecule is Cc1cc(Br)c(NC(=O)CSc2nnc([C@@H](NC(=O)c3ccccc3)C(C)C)n2C)cc1C. The Labute approximate surface area is 206 Å². The Morgan fingerprint density at radius 1 is 1.09 bits per heavy atom. The van der Waals surface area contributed by atoms with Gasteiger partial charge in [0.15, 0.2) is 11.0 Å². The zero-order valence-corrected chi connectivity index (χ0v) is 21.8. The summed E-state index contributed by atoms with van der Waals surface area (Å²) in [6.07, 6.45) is 0. The van der Waals surface area contributed by atoms with Crippen LogP contribution in [0.2, 0.25) is 0 Å². The summed E-state index contributed by atoms with van der Waals surface area (Å²) in [5.74, 6) is 0.641. The Balaban J connectivity index is 1.67. The molecule has 1 atom stereocenters. The van der Waals surface area contributed by atoms with Crippen molar-refractivity contribution in [3.8, 4) is 0 Å².